The van der Waals surface area contributed by atoms with Gasteiger partial charge in [-0.3, -0.25) is 19.2 Å². The first-order valence-electron chi connectivity index (χ1n) is 9.87. The van der Waals surface area contributed by atoms with Crippen molar-refractivity contribution in [2.75, 3.05) is 20.7 Å². The fraction of sp³-hybridized carbons (Fsp3) is 0.600. The third-order valence-electron chi connectivity index (χ3n) is 4.71. The van der Waals surface area contributed by atoms with Crippen molar-refractivity contribution >= 4 is 33.6 Å². The summed E-state index contributed by atoms with van der Waals surface area (Å²) in [6.07, 6.45) is 3.69. The van der Waals surface area contributed by atoms with Gasteiger partial charge < -0.3 is 4.74 Å². The summed E-state index contributed by atoms with van der Waals surface area (Å²) in [6.45, 7) is 3.90. The molecule has 0 aliphatic heterocycles. The predicted octanol–water partition coefficient (Wildman–Crippen LogP) is 3.85. The summed E-state index contributed by atoms with van der Waals surface area (Å²) in [7, 11) is 0.602. The number of methoxy groups -OCH3 is 1. The Hall–Kier alpha value is -1.91. The Bertz CT molecular complexity index is 819. The van der Waals surface area contributed by atoms with Crippen LogP contribution in [0.4, 0.5) is 4.79 Å². The second-order valence-electron chi connectivity index (χ2n) is 7.15. The molecule has 0 heterocycles. The zero-order valence-electron chi connectivity index (χ0n) is 18.0. The summed E-state index contributed by atoms with van der Waals surface area (Å²) in [4.78, 5) is 26.5. The van der Waals surface area contributed by atoms with Gasteiger partial charge in [0.2, 0.25) is 5.91 Å². The molecule has 30 heavy (non-hydrogen) atoms. The van der Waals surface area contributed by atoms with E-state index in [2.05, 4.69) is 16.0 Å². The molecule has 0 radical (unpaired) electrons. The van der Waals surface area contributed by atoms with Gasteiger partial charge in [0.05, 0.1) is 19.1 Å². The van der Waals surface area contributed by atoms with Gasteiger partial charge in [-0.25, -0.2) is 0 Å². The number of amides is 2. The quantitative estimate of drug-likeness (QED) is 0.375. The lowest BCUT2D eigenvalue weighted by molar-refractivity contribution is -0.127. The molecule has 0 aromatic heterocycles. The first-order chi connectivity index (χ1) is 14.2. The van der Waals surface area contributed by atoms with Crippen LogP contribution < -0.4 is 9.46 Å². The summed E-state index contributed by atoms with van der Waals surface area (Å²) in [5, 5.41) is -0.435. The second-order valence-corrected chi connectivity index (χ2v) is 8.73. The third kappa shape index (κ3) is 9.27. The number of nitrogens with one attached hydrogen (secondary N) is 1. The maximum Gasteiger partial charge on any atom is 0.311 e. The lowest BCUT2D eigenvalue weighted by Gasteiger charge is -2.27. The lowest BCUT2D eigenvalue weighted by Crippen LogP contribution is -2.40. The van der Waals surface area contributed by atoms with Gasteiger partial charge in [-0.2, -0.15) is 12.8 Å². The van der Waals surface area contributed by atoms with Crippen LogP contribution in [0.3, 0.4) is 0 Å². The predicted molar refractivity (Wildman–Crippen MR) is 119 cm³/mol. The molecule has 0 aliphatic rings. The summed E-state index contributed by atoms with van der Waals surface area (Å²) < 4.78 is 34.1. The van der Waals surface area contributed by atoms with Gasteiger partial charge in [0.25, 0.3) is 0 Å². The number of carbonyl (C=O) groups is 2. The number of nitrogens with zero attached hydrogens (tertiary/aromatic N) is 2. The molecule has 0 spiro atoms. The standard InChI is InChI=1S/C20H31N3O5S2/c1-5-6-7-12-20(2,22-30(26)27)13-14-23(19(25)29-21-3)18(24)15-16-8-10-17(28-4)11-9-16/h8-11,21H,5-7,12-15H2,1-4H3. The zero-order valence-corrected chi connectivity index (χ0v) is 19.6. The van der Waals surface area contributed by atoms with Gasteiger partial charge in [0.15, 0.2) is 0 Å². The molecule has 0 bridgehead atoms. The molecule has 0 aliphatic carbocycles. The molecule has 0 saturated heterocycles. The van der Waals surface area contributed by atoms with Crippen LogP contribution in [0.15, 0.2) is 28.6 Å². The molecule has 1 aromatic carbocycles. The Morgan fingerprint density at radius 3 is 2.40 bits per heavy atom. The minimum Gasteiger partial charge on any atom is -0.497 e. The summed E-state index contributed by atoms with van der Waals surface area (Å²) in [6, 6.07) is 7.06. The van der Waals surface area contributed by atoms with E-state index >= 15 is 0 Å². The van der Waals surface area contributed by atoms with Crippen LogP contribution in [0.25, 0.3) is 0 Å². The summed E-state index contributed by atoms with van der Waals surface area (Å²) in [5.41, 5.74) is -0.102. The minimum absolute atomic E-state index is 0.0528. The number of ether oxygens (including phenoxy) is 1. The van der Waals surface area contributed by atoms with E-state index in [-0.39, 0.29) is 25.3 Å². The summed E-state index contributed by atoms with van der Waals surface area (Å²) >= 11 is 0.814. The number of rotatable bonds is 12. The van der Waals surface area contributed by atoms with Crippen LogP contribution >= 0.6 is 11.9 Å². The van der Waals surface area contributed by atoms with E-state index in [4.69, 9.17) is 4.74 Å². The normalized spacial score (nSPS) is 12.7. The maximum atomic E-state index is 12.9. The number of benzene rings is 1. The van der Waals surface area contributed by atoms with Gasteiger partial charge in [-0.15, -0.1) is 0 Å². The molecule has 1 unspecified atom stereocenters. The van der Waals surface area contributed by atoms with E-state index in [1.165, 1.54) is 0 Å². The Morgan fingerprint density at radius 2 is 1.87 bits per heavy atom. The molecular weight excluding hydrogens is 426 g/mol. The molecule has 8 nitrogen and oxygen atoms in total. The molecule has 1 atom stereocenters. The number of unbranched alkanes of at least 4 members (excludes halogenated alkanes) is 2. The Kier molecular flexibility index (Phi) is 11.7. The fourth-order valence-corrected chi connectivity index (χ4v) is 4.00. The fourth-order valence-electron chi connectivity index (χ4n) is 2.98. The number of imide groups is 1. The second kappa shape index (κ2) is 13.4. The monoisotopic (exact) mass is 457 g/mol. The molecule has 168 valence electrons. The van der Waals surface area contributed by atoms with E-state index in [0.717, 1.165) is 41.7 Å². The van der Waals surface area contributed by atoms with Crippen LogP contribution in [0.5, 0.6) is 5.75 Å². The van der Waals surface area contributed by atoms with Crippen molar-refractivity contribution in [1.29, 1.82) is 0 Å². The van der Waals surface area contributed by atoms with Gasteiger partial charge >= 0.3 is 15.7 Å². The maximum absolute atomic E-state index is 12.9. The van der Waals surface area contributed by atoms with Crippen molar-refractivity contribution in [3.8, 4) is 5.75 Å². The molecule has 1 N–H and O–H groups in total. The topological polar surface area (TPSA) is 105 Å². The van der Waals surface area contributed by atoms with Crippen LogP contribution in [0, 0.1) is 0 Å². The first-order valence-corrected chi connectivity index (χ1v) is 11.7. The highest BCUT2D eigenvalue weighted by molar-refractivity contribution is 8.11. The number of hydrogen-bond donors (Lipinski definition) is 1. The van der Waals surface area contributed by atoms with Crippen molar-refractivity contribution in [2.24, 2.45) is 4.36 Å². The molecule has 0 saturated carbocycles. The Balaban J connectivity index is 2.95. The van der Waals surface area contributed by atoms with Gasteiger partial charge in [0, 0.05) is 18.5 Å². The van der Waals surface area contributed by atoms with E-state index in [9.17, 15) is 18.0 Å². The van der Waals surface area contributed by atoms with Crippen molar-refractivity contribution < 1.29 is 22.7 Å². The van der Waals surface area contributed by atoms with E-state index in [1.807, 2.05) is 0 Å². The lowest BCUT2D eigenvalue weighted by atomic mass is 9.92. The SMILES string of the molecule is CCCCCC(C)(CCN(C(=O)Cc1ccc(OC)cc1)C(=O)SNC)N=S(=O)=O. The van der Waals surface area contributed by atoms with E-state index < -0.39 is 21.3 Å². The van der Waals surface area contributed by atoms with Crippen LogP contribution in [-0.4, -0.2) is 50.7 Å². The minimum atomic E-state index is -2.56. The molecular formula is C20H31N3O5S2. The first kappa shape index (κ1) is 26.1. The van der Waals surface area contributed by atoms with Crippen LogP contribution in [0.1, 0.15) is 51.5 Å². The van der Waals surface area contributed by atoms with Crippen molar-refractivity contribution in [1.82, 2.24) is 9.62 Å². The van der Waals surface area contributed by atoms with Gasteiger partial charge in [-0.05, 0) is 44.5 Å². The van der Waals surface area contributed by atoms with Gasteiger partial charge in [0.1, 0.15) is 5.75 Å². The van der Waals surface area contributed by atoms with Crippen molar-refractivity contribution in [3.05, 3.63) is 29.8 Å². The molecule has 1 rings (SSSR count). The van der Waals surface area contributed by atoms with Gasteiger partial charge in [-0.1, -0.05) is 38.3 Å². The average molecular weight is 458 g/mol. The molecule has 2 amide bonds. The number of carbonyl (C=O) groups excluding carboxylic acids is 2. The highest BCUT2D eigenvalue weighted by Gasteiger charge is 2.29. The highest BCUT2D eigenvalue weighted by atomic mass is 32.2. The largest absolute Gasteiger partial charge is 0.497 e. The van der Waals surface area contributed by atoms with Crippen LogP contribution in [-0.2, 0) is 21.7 Å². The zero-order chi connectivity index (χ0) is 22.6. The molecule has 0 fully saturated rings. The van der Waals surface area contributed by atoms with Crippen molar-refractivity contribution in [3.63, 3.8) is 0 Å². The average Bonchev–Trinajstić information content (AvgIpc) is 2.68. The smallest absolute Gasteiger partial charge is 0.311 e. The highest BCUT2D eigenvalue weighted by Crippen LogP contribution is 2.25. The van der Waals surface area contributed by atoms with E-state index in [1.54, 1.807) is 45.3 Å². The Morgan fingerprint density at radius 1 is 1.20 bits per heavy atom. The van der Waals surface area contributed by atoms with E-state index in [0.29, 0.717) is 12.2 Å². The third-order valence-corrected chi connectivity index (χ3v) is 5.90. The van der Waals surface area contributed by atoms with Crippen LogP contribution in [0.2, 0.25) is 0 Å². The van der Waals surface area contributed by atoms with Crippen molar-refractivity contribution in [2.45, 2.75) is 57.9 Å². The summed E-state index contributed by atoms with van der Waals surface area (Å²) in [5.74, 6) is 0.326. The molecule has 10 heteroatoms. The molecule has 1 aromatic rings. The Labute approximate surface area is 184 Å². The number of hydrogen-bond acceptors (Lipinski definition) is 8.